The molecule has 3 N–H and O–H groups in total. The maximum absolute atomic E-state index is 13.6. The molecule has 2 aliphatic rings. The minimum atomic E-state index is -1.52. The minimum absolute atomic E-state index is 0.0466. The summed E-state index contributed by atoms with van der Waals surface area (Å²) in [5, 5.41) is 7.58. The third-order valence-corrected chi connectivity index (χ3v) is 8.82. The molecule has 1 fully saturated rings. The van der Waals surface area contributed by atoms with Crippen molar-refractivity contribution in [2.45, 2.75) is 97.0 Å². The van der Waals surface area contributed by atoms with Crippen LogP contribution in [-0.2, 0) is 62.0 Å². The third kappa shape index (κ3) is 12.7. The molecule has 58 heavy (non-hydrogen) atoms. The van der Waals surface area contributed by atoms with Crippen LogP contribution in [0.1, 0.15) is 71.9 Å². The Morgan fingerprint density at radius 2 is 1.33 bits per heavy atom. The molecule has 0 radical (unpaired) electrons. The molecule has 4 rings (SSSR count). The largest absolute Gasteiger partial charge is 0.463 e. The van der Waals surface area contributed by atoms with Gasteiger partial charge in [-0.2, -0.15) is 0 Å². The highest BCUT2D eigenvalue weighted by Gasteiger charge is 2.51. The Bertz CT molecular complexity index is 1830. The van der Waals surface area contributed by atoms with Crippen LogP contribution in [0.5, 0.6) is 0 Å². The van der Waals surface area contributed by atoms with Crippen molar-refractivity contribution in [2.75, 3.05) is 32.8 Å². The number of ether oxygens (including phenoxy) is 6. The van der Waals surface area contributed by atoms with E-state index in [4.69, 9.17) is 28.4 Å². The van der Waals surface area contributed by atoms with Crippen molar-refractivity contribution in [3.05, 3.63) is 59.7 Å². The molecule has 1 saturated heterocycles. The molecule has 5 atom stereocenters. The highest BCUT2D eigenvalue weighted by molar-refractivity contribution is 5.98. The first-order chi connectivity index (χ1) is 27.3. The summed E-state index contributed by atoms with van der Waals surface area (Å²) in [4.78, 5) is 102. The number of carbonyl (C=O) groups excluding carboxylic acids is 8. The SMILES string of the molecule is CC(=O)N[C@@H]1[C@@H](OC(C)=O)[C@@H](OC(C)=O)[C@@H](COC(C)=O)O[C@H]1NC(=O)CC(=O)N(CCNC(=O)OCC1c2ccccc2-c2ccccc21)CC(=O)OC(C)(C)C. The summed E-state index contributed by atoms with van der Waals surface area (Å²) in [5.74, 6) is -5.79. The van der Waals surface area contributed by atoms with Gasteiger partial charge in [-0.3, -0.25) is 33.6 Å². The van der Waals surface area contributed by atoms with Gasteiger partial charge in [0.05, 0.1) is 0 Å². The van der Waals surface area contributed by atoms with E-state index in [0.29, 0.717) is 0 Å². The quantitative estimate of drug-likeness (QED) is 0.133. The number of rotatable bonds is 15. The number of nitrogens with one attached hydrogen (secondary N) is 3. The van der Waals surface area contributed by atoms with Crippen molar-refractivity contribution in [2.24, 2.45) is 0 Å². The zero-order chi connectivity index (χ0) is 42.7. The monoisotopic (exact) mass is 810 g/mol. The summed E-state index contributed by atoms with van der Waals surface area (Å²) >= 11 is 0. The van der Waals surface area contributed by atoms with E-state index in [1.165, 1.54) is 0 Å². The zero-order valence-electron chi connectivity index (χ0n) is 33.5. The van der Waals surface area contributed by atoms with Crippen molar-refractivity contribution in [1.29, 1.82) is 0 Å². The first-order valence-electron chi connectivity index (χ1n) is 18.6. The fraction of sp³-hybridized carbons (Fsp3) is 0.500. The average Bonchev–Trinajstić information content (AvgIpc) is 3.44. The summed E-state index contributed by atoms with van der Waals surface area (Å²) in [5.41, 5.74) is 3.27. The van der Waals surface area contributed by atoms with E-state index in [0.717, 1.165) is 54.8 Å². The lowest BCUT2D eigenvalue weighted by atomic mass is 9.95. The van der Waals surface area contributed by atoms with E-state index in [-0.39, 0.29) is 25.6 Å². The van der Waals surface area contributed by atoms with Crippen molar-refractivity contribution in [1.82, 2.24) is 20.9 Å². The Hall–Kier alpha value is -6.04. The molecule has 2 aromatic carbocycles. The topological polar surface area (TPSA) is 231 Å². The van der Waals surface area contributed by atoms with E-state index >= 15 is 0 Å². The van der Waals surface area contributed by atoms with Crippen LogP contribution in [0.2, 0.25) is 0 Å². The van der Waals surface area contributed by atoms with E-state index in [1.807, 2.05) is 48.5 Å². The molecule has 1 aliphatic carbocycles. The second-order valence-electron chi connectivity index (χ2n) is 14.7. The van der Waals surface area contributed by atoms with Crippen molar-refractivity contribution < 1.29 is 66.8 Å². The average molecular weight is 811 g/mol. The Morgan fingerprint density at radius 1 is 0.741 bits per heavy atom. The maximum Gasteiger partial charge on any atom is 0.407 e. The number of amides is 4. The van der Waals surface area contributed by atoms with E-state index in [2.05, 4.69) is 16.0 Å². The summed E-state index contributed by atoms with van der Waals surface area (Å²) in [6.07, 6.45) is -7.30. The molecule has 0 bridgehead atoms. The Balaban J connectivity index is 1.45. The molecule has 18 heteroatoms. The molecular weight excluding hydrogens is 760 g/mol. The molecule has 1 aliphatic heterocycles. The van der Waals surface area contributed by atoms with Gasteiger partial charge in [0.25, 0.3) is 0 Å². The van der Waals surface area contributed by atoms with Crippen LogP contribution in [0, 0.1) is 0 Å². The van der Waals surface area contributed by atoms with Gasteiger partial charge in [0.1, 0.15) is 43.9 Å². The number of hydrogen-bond donors (Lipinski definition) is 3. The lowest BCUT2D eigenvalue weighted by Gasteiger charge is -2.45. The van der Waals surface area contributed by atoms with Crippen LogP contribution >= 0.6 is 0 Å². The van der Waals surface area contributed by atoms with Crippen LogP contribution in [0.4, 0.5) is 4.79 Å². The molecular formula is C40H50N4O14. The summed E-state index contributed by atoms with van der Waals surface area (Å²) in [6.45, 7) is 7.90. The molecule has 2 aromatic rings. The van der Waals surface area contributed by atoms with Gasteiger partial charge in [-0.1, -0.05) is 48.5 Å². The fourth-order valence-corrected chi connectivity index (χ4v) is 6.68. The molecule has 314 valence electrons. The lowest BCUT2D eigenvalue weighted by Crippen LogP contribution is -2.69. The Kier molecular flexibility index (Phi) is 15.3. The number of nitrogens with zero attached hydrogens (tertiary/aromatic N) is 1. The number of fused-ring (bicyclic) bond motifs is 3. The highest BCUT2D eigenvalue weighted by atomic mass is 16.6. The Morgan fingerprint density at radius 3 is 1.88 bits per heavy atom. The van der Waals surface area contributed by atoms with Gasteiger partial charge in [0.15, 0.2) is 18.4 Å². The second-order valence-corrected chi connectivity index (χ2v) is 14.7. The number of esters is 4. The molecule has 18 nitrogen and oxygen atoms in total. The van der Waals surface area contributed by atoms with Crippen LogP contribution in [0.3, 0.4) is 0 Å². The van der Waals surface area contributed by atoms with Crippen molar-refractivity contribution in [3.63, 3.8) is 0 Å². The summed E-state index contributed by atoms with van der Waals surface area (Å²) in [7, 11) is 0. The normalized spacial score (nSPS) is 19.6. The van der Waals surface area contributed by atoms with Gasteiger partial charge in [-0.15, -0.1) is 0 Å². The van der Waals surface area contributed by atoms with Crippen molar-refractivity contribution in [3.8, 4) is 11.1 Å². The molecule has 0 unspecified atom stereocenters. The van der Waals surface area contributed by atoms with Gasteiger partial charge < -0.3 is 49.3 Å². The number of hydrogen-bond acceptors (Lipinski definition) is 14. The van der Waals surface area contributed by atoms with E-state index in [9.17, 15) is 38.4 Å². The molecule has 0 aromatic heterocycles. The predicted octanol–water partition coefficient (Wildman–Crippen LogP) is 1.86. The van der Waals surface area contributed by atoms with Gasteiger partial charge in [-0.05, 0) is 43.0 Å². The van der Waals surface area contributed by atoms with Gasteiger partial charge in [0, 0.05) is 46.7 Å². The fourth-order valence-electron chi connectivity index (χ4n) is 6.68. The number of carbonyl (C=O) groups is 8. The second kappa shape index (κ2) is 19.9. The predicted molar refractivity (Wildman–Crippen MR) is 202 cm³/mol. The van der Waals surface area contributed by atoms with Crippen LogP contribution in [-0.4, -0.2) is 122 Å². The smallest absolute Gasteiger partial charge is 0.407 e. The van der Waals surface area contributed by atoms with Crippen LogP contribution < -0.4 is 16.0 Å². The van der Waals surface area contributed by atoms with Crippen LogP contribution in [0.15, 0.2) is 48.5 Å². The van der Waals surface area contributed by atoms with Gasteiger partial charge >= 0.3 is 30.0 Å². The summed E-state index contributed by atoms with van der Waals surface area (Å²) in [6, 6.07) is 14.3. The molecule has 0 spiro atoms. The summed E-state index contributed by atoms with van der Waals surface area (Å²) < 4.78 is 32.8. The number of alkyl carbamates (subject to hydrolysis) is 1. The maximum atomic E-state index is 13.6. The van der Waals surface area contributed by atoms with Crippen molar-refractivity contribution >= 4 is 47.7 Å². The van der Waals surface area contributed by atoms with Gasteiger partial charge in [0.2, 0.25) is 17.7 Å². The van der Waals surface area contributed by atoms with E-state index < -0.39 is 103 Å². The zero-order valence-corrected chi connectivity index (χ0v) is 33.5. The lowest BCUT2D eigenvalue weighted by molar-refractivity contribution is -0.228. The standard InChI is InChI=1S/C40H50N4O14/c1-22(45)42-35-37(56-25(4)48)36(55-24(3)47)31(21-53-23(2)46)57-38(35)43-32(49)18-33(50)44(19-34(51)58-40(5,6)7)17-16-41-39(52)54-20-30-28-14-10-8-12-26(28)27-13-9-11-15-29(27)30/h8-15,30-31,35-38H,16-21H2,1-7H3,(H,41,52)(H,42,45)(H,43,49)/t31-,35-,36+,37-,38-/m1/s1. The molecule has 1 heterocycles. The minimum Gasteiger partial charge on any atom is -0.463 e. The Labute approximate surface area is 335 Å². The van der Waals surface area contributed by atoms with E-state index in [1.54, 1.807) is 20.8 Å². The molecule has 0 saturated carbocycles. The van der Waals surface area contributed by atoms with Crippen LogP contribution in [0.25, 0.3) is 11.1 Å². The first-order valence-corrected chi connectivity index (χ1v) is 18.6. The first kappa shape index (κ1) is 44.7. The molecule has 4 amide bonds. The highest BCUT2D eigenvalue weighted by Crippen LogP contribution is 2.44. The number of benzene rings is 2. The third-order valence-electron chi connectivity index (χ3n) is 8.82. The van der Waals surface area contributed by atoms with Gasteiger partial charge in [-0.25, -0.2) is 4.79 Å².